The third-order valence-corrected chi connectivity index (χ3v) is 3.56. The summed E-state index contributed by atoms with van der Waals surface area (Å²) in [5, 5.41) is -0.107. The first kappa shape index (κ1) is 16.7. The van der Waals surface area contributed by atoms with Crippen molar-refractivity contribution in [1.82, 2.24) is 0 Å². The maximum atomic E-state index is 13.7. The largest absolute Gasteiger partial charge is 0.411 e. The molecule has 0 aliphatic carbocycles. The number of alkyl halides is 3. The lowest BCUT2D eigenvalue weighted by atomic mass is 10.0. The van der Waals surface area contributed by atoms with E-state index >= 15 is 0 Å². The van der Waals surface area contributed by atoms with Crippen LogP contribution in [-0.4, -0.2) is 19.4 Å². The molecule has 0 aliphatic heterocycles. The Balaban J connectivity index is 2.55. The summed E-state index contributed by atoms with van der Waals surface area (Å²) in [6, 6.07) is 2.18. The van der Waals surface area contributed by atoms with Crippen molar-refractivity contribution in [2.24, 2.45) is 5.73 Å². The molecule has 0 fully saturated rings. The van der Waals surface area contributed by atoms with Crippen LogP contribution in [0.4, 0.5) is 17.6 Å². The number of hydrogen-bond donors (Lipinski definition) is 1. The molecule has 8 heteroatoms. The fourth-order valence-corrected chi connectivity index (χ4v) is 1.86. The van der Waals surface area contributed by atoms with Crippen molar-refractivity contribution in [1.29, 1.82) is 0 Å². The van der Waals surface area contributed by atoms with E-state index in [0.29, 0.717) is 4.47 Å². The van der Waals surface area contributed by atoms with E-state index in [1.165, 1.54) is 12.1 Å². The molecular formula is C11H11BrClF4NO. The van der Waals surface area contributed by atoms with Gasteiger partial charge in [-0.05, 0) is 28.4 Å². The van der Waals surface area contributed by atoms with Crippen molar-refractivity contribution in [2.45, 2.75) is 18.6 Å². The predicted octanol–water partition coefficient (Wildman–Crippen LogP) is 4.21. The molecule has 1 aromatic rings. The number of hydrogen-bond acceptors (Lipinski definition) is 2. The molecule has 0 spiro atoms. The Morgan fingerprint density at radius 2 is 2.00 bits per heavy atom. The zero-order chi connectivity index (χ0) is 14.6. The fraction of sp³-hybridized carbons (Fsp3) is 0.455. The lowest BCUT2D eigenvalue weighted by Crippen LogP contribution is -2.20. The number of benzene rings is 1. The van der Waals surface area contributed by atoms with Gasteiger partial charge in [-0.3, -0.25) is 0 Å². The second-order valence-electron chi connectivity index (χ2n) is 3.83. The normalized spacial score (nSPS) is 13.6. The zero-order valence-corrected chi connectivity index (χ0v) is 11.9. The SMILES string of the molecule is NC(CCOCC(F)(F)F)c1ccc(Br)c(Cl)c1F. The first-order valence-corrected chi connectivity index (χ1v) is 6.43. The van der Waals surface area contributed by atoms with E-state index < -0.39 is 24.6 Å². The molecule has 1 atom stereocenters. The second-order valence-corrected chi connectivity index (χ2v) is 5.06. The molecule has 1 unspecified atom stereocenters. The number of halogens is 6. The van der Waals surface area contributed by atoms with Gasteiger partial charge in [-0.25, -0.2) is 4.39 Å². The van der Waals surface area contributed by atoms with Crippen LogP contribution in [0.1, 0.15) is 18.0 Å². The van der Waals surface area contributed by atoms with Crippen LogP contribution in [0.15, 0.2) is 16.6 Å². The Kier molecular flexibility index (Phi) is 6.04. The quantitative estimate of drug-likeness (QED) is 0.482. The molecular weight excluding hydrogens is 353 g/mol. The van der Waals surface area contributed by atoms with E-state index in [1.54, 1.807) is 0 Å². The lowest BCUT2D eigenvalue weighted by molar-refractivity contribution is -0.174. The van der Waals surface area contributed by atoms with E-state index in [4.69, 9.17) is 17.3 Å². The summed E-state index contributed by atoms with van der Waals surface area (Å²) in [4.78, 5) is 0. The summed E-state index contributed by atoms with van der Waals surface area (Å²) in [5.41, 5.74) is 5.83. The maximum Gasteiger partial charge on any atom is 0.411 e. The van der Waals surface area contributed by atoms with E-state index in [2.05, 4.69) is 20.7 Å². The summed E-state index contributed by atoms with van der Waals surface area (Å²) < 4.78 is 54.0. The van der Waals surface area contributed by atoms with Crippen molar-refractivity contribution >= 4 is 27.5 Å². The van der Waals surface area contributed by atoms with Crippen molar-refractivity contribution in [3.63, 3.8) is 0 Å². The third-order valence-electron chi connectivity index (χ3n) is 2.30. The van der Waals surface area contributed by atoms with Gasteiger partial charge in [0.2, 0.25) is 0 Å². The van der Waals surface area contributed by atoms with Gasteiger partial charge in [-0.1, -0.05) is 17.7 Å². The zero-order valence-electron chi connectivity index (χ0n) is 9.61. The highest BCUT2D eigenvalue weighted by molar-refractivity contribution is 9.10. The molecule has 0 aliphatic rings. The molecule has 2 N–H and O–H groups in total. The molecule has 0 bridgehead atoms. The van der Waals surface area contributed by atoms with Crippen LogP contribution < -0.4 is 5.73 Å². The van der Waals surface area contributed by atoms with Gasteiger partial charge in [-0.15, -0.1) is 0 Å². The smallest absolute Gasteiger partial charge is 0.372 e. The molecule has 108 valence electrons. The van der Waals surface area contributed by atoms with Gasteiger partial charge in [-0.2, -0.15) is 13.2 Å². The molecule has 0 heterocycles. The first-order valence-electron chi connectivity index (χ1n) is 5.26. The minimum Gasteiger partial charge on any atom is -0.372 e. The Labute approximate surface area is 121 Å². The van der Waals surface area contributed by atoms with Gasteiger partial charge in [0, 0.05) is 22.7 Å². The van der Waals surface area contributed by atoms with E-state index in [-0.39, 0.29) is 23.6 Å². The summed E-state index contributed by atoms with van der Waals surface area (Å²) in [5.74, 6) is -0.681. The Morgan fingerprint density at radius 3 is 2.58 bits per heavy atom. The van der Waals surface area contributed by atoms with Crippen molar-refractivity contribution < 1.29 is 22.3 Å². The molecule has 2 nitrogen and oxygen atoms in total. The fourth-order valence-electron chi connectivity index (χ4n) is 1.38. The van der Waals surface area contributed by atoms with Crippen LogP contribution in [-0.2, 0) is 4.74 Å². The molecule has 0 saturated heterocycles. The Hall–Kier alpha value is -0.370. The third kappa shape index (κ3) is 5.25. The van der Waals surface area contributed by atoms with Crippen LogP contribution in [0, 0.1) is 5.82 Å². The van der Waals surface area contributed by atoms with E-state index in [0.717, 1.165) is 0 Å². The molecule has 0 aromatic heterocycles. The average molecular weight is 365 g/mol. The Morgan fingerprint density at radius 1 is 1.37 bits per heavy atom. The summed E-state index contributed by atoms with van der Waals surface area (Å²) >= 11 is 8.74. The number of nitrogens with two attached hydrogens (primary N) is 1. The van der Waals surface area contributed by atoms with Crippen LogP contribution in [0.5, 0.6) is 0 Å². The van der Waals surface area contributed by atoms with Crippen molar-refractivity contribution in [3.05, 3.63) is 33.0 Å². The van der Waals surface area contributed by atoms with Crippen LogP contribution in [0.25, 0.3) is 0 Å². The topological polar surface area (TPSA) is 35.2 Å². The van der Waals surface area contributed by atoms with Gasteiger partial charge in [0.05, 0.1) is 5.02 Å². The number of rotatable bonds is 5. The average Bonchev–Trinajstić information content (AvgIpc) is 2.30. The minimum atomic E-state index is -4.38. The van der Waals surface area contributed by atoms with Crippen molar-refractivity contribution in [2.75, 3.05) is 13.2 Å². The lowest BCUT2D eigenvalue weighted by Gasteiger charge is -2.15. The molecule has 0 amide bonds. The molecule has 19 heavy (non-hydrogen) atoms. The molecule has 0 radical (unpaired) electrons. The maximum absolute atomic E-state index is 13.7. The van der Waals surface area contributed by atoms with Crippen LogP contribution in [0.3, 0.4) is 0 Å². The van der Waals surface area contributed by atoms with Gasteiger partial charge < -0.3 is 10.5 Å². The standard InChI is InChI=1S/C11H11BrClF4NO/c12-7-2-1-6(10(14)9(7)13)8(18)3-4-19-5-11(15,16)17/h1-2,8H,3-5,18H2. The predicted molar refractivity (Wildman–Crippen MR) is 67.5 cm³/mol. The summed E-state index contributed by atoms with van der Waals surface area (Å²) in [6.45, 7) is -1.56. The second kappa shape index (κ2) is 6.88. The van der Waals surface area contributed by atoms with E-state index in [1.807, 2.05) is 0 Å². The number of ether oxygens (including phenoxy) is 1. The van der Waals surface area contributed by atoms with Gasteiger partial charge in [0.1, 0.15) is 12.4 Å². The highest BCUT2D eigenvalue weighted by atomic mass is 79.9. The minimum absolute atomic E-state index is 0.0605. The van der Waals surface area contributed by atoms with Crippen LogP contribution in [0.2, 0.25) is 5.02 Å². The van der Waals surface area contributed by atoms with Gasteiger partial charge >= 0.3 is 6.18 Å². The molecule has 0 saturated carbocycles. The highest BCUT2D eigenvalue weighted by Crippen LogP contribution is 2.30. The van der Waals surface area contributed by atoms with Crippen LogP contribution >= 0.6 is 27.5 Å². The molecule has 1 rings (SSSR count). The van der Waals surface area contributed by atoms with Crippen molar-refractivity contribution in [3.8, 4) is 0 Å². The highest BCUT2D eigenvalue weighted by Gasteiger charge is 2.27. The monoisotopic (exact) mass is 363 g/mol. The summed E-state index contributed by atoms with van der Waals surface area (Å²) in [6.07, 6.45) is -4.32. The summed E-state index contributed by atoms with van der Waals surface area (Å²) in [7, 11) is 0. The Bertz CT molecular complexity index is 441. The molecule has 1 aromatic carbocycles. The first-order chi connectivity index (χ1) is 8.72. The van der Waals surface area contributed by atoms with Gasteiger partial charge in [0.15, 0.2) is 0 Å². The van der Waals surface area contributed by atoms with Gasteiger partial charge in [0.25, 0.3) is 0 Å². The van der Waals surface area contributed by atoms with E-state index in [9.17, 15) is 17.6 Å².